The molecule has 0 saturated carbocycles. The van der Waals surface area contributed by atoms with E-state index in [2.05, 4.69) is 0 Å². The maximum Gasteiger partial charge on any atom is 0.339 e. The van der Waals surface area contributed by atoms with Crippen LogP contribution in [0.1, 0.15) is 15.9 Å². The van der Waals surface area contributed by atoms with Crippen molar-refractivity contribution in [1.29, 1.82) is 0 Å². The van der Waals surface area contributed by atoms with Crippen molar-refractivity contribution in [2.75, 3.05) is 0 Å². The van der Waals surface area contributed by atoms with Crippen LogP contribution in [0, 0.1) is 9.39 Å². The number of aromatic carboxylic acids is 1. The average Bonchev–Trinajstić information content (AvgIpc) is 2.41. The van der Waals surface area contributed by atoms with E-state index in [9.17, 15) is 9.18 Å². The lowest BCUT2D eigenvalue weighted by Crippen LogP contribution is -2.04. The molecule has 0 aliphatic rings. The van der Waals surface area contributed by atoms with Gasteiger partial charge in [-0.2, -0.15) is 0 Å². The first-order valence-electron chi connectivity index (χ1n) is 5.57. The molecule has 104 valence electrons. The Labute approximate surface area is 133 Å². The van der Waals surface area contributed by atoms with E-state index in [1.54, 1.807) is 12.1 Å². The van der Waals surface area contributed by atoms with Gasteiger partial charge in [0.2, 0.25) is 0 Å². The highest BCUT2D eigenvalue weighted by molar-refractivity contribution is 14.1. The maximum absolute atomic E-state index is 13.0. The molecule has 0 spiro atoms. The fourth-order valence-electron chi connectivity index (χ4n) is 1.59. The quantitative estimate of drug-likeness (QED) is 0.768. The molecule has 6 heteroatoms. The molecule has 0 bridgehead atoms. The first-order valence-corrected chi connectivity index (χ1v) is 7.02. The smallest absolute Gasteiger partial charge is 0.339 e. The van der Waals surface area contributed by atoms with Crippen molar-refractivity contribution in [2.45, 2.75) is 6.61 Å². The summed E-state index contributed by atoms with van der Waals surface area (Å²) < 4.78 is 19.3. The molecule has 3 nitrogen and oxygen atoms in total. The summed E-state index contributed by atoms with van der Waals surface area (Å²) in [4.78, 5) is 11.1. The molecule has 0 saturated heterocycles. The molecule has 0 aromatic heterocycles. The second-order valence-electron chi connectivity index (χ2n) is 3.98. The van der Waals surface area contributed by atoms with E-state index in [0.29, 0.717) is 5.56 Å². The van der Waals surface area contributed by atoms with Crippen molar-refractivity contribution in [3.05, 3.63) is 61.9 Å². The Kier molecular flexibility index (Phi) is 4.82. The van der Waals surface area contributed by atoms with Crippen LogP contribution in [0.15, 0.2) is 36.4 Å². The molecule has 0 aliphatic carbocycles. The molecule has 0 radical (unpaired) electrons. The Bertz CT molecular complexity index is 661. The van der Waals surface area contributed by atoms with Crippen LogP contribution in [0.25, 0.3) is 0 Å². The standard InChI is InChI=1S/C14H9ClFIO3/c15-11-5-8(1-3-12(11)16)7-20-13-4-2-9(17)6-10(13)14(18)19/h1-6H,7H2,(H,18,19). The van der Waals surface area contributed by atoms with Gasteiger partial charge in [-0.15, -0.1) is 0 Å². The van der Waals surface area contributed by atoms with Crippen molar-refractivity contribution in [1.82, 2.24) is 0 Å². The second kappa shape index (κ2) is 6.41. The Morgan fingerprint density at radius 2 is 2.05 bits per heavy atom. The number of rotatable bonds is 4. The first-order chi connectivity index (χ1) is 9.47. The Hall–Kier alpha value is -1.34. The van der Waals surface area contributed by atoms with Crippen molar-refractivity contribution in [3.8, 4) is 5.75 Å². The highest BCUT2D eigenvalue weighted by atomic mass is 127. The molecule has 20 heavy (non-hydrogen) atoms. The van der Waals surface area contributed by atoms with Crippen LogP contribution in [0.2, 0.25) is 5.02 Å². The van der Waals surface area contributed by atoms with Crippen LogP contribution < -0.4 is 4.74 Å². The fourth-order valence-corrected chi connectivity index (χ4v) is 2.28. The van der Waals surface area contributed by atoms with Crippen LogP contribution in [-0.2, 0) is 6.61 Å². The minimum atomic E-state index is -1.06. The van der Waals surface area contributed by atoms with Gasteiger partial charge in [0.1, 0.15) is 23.7 Å². The van der Waals surface area contributed by atoms with Crippen LogP contribution in [0.4, 0.5) is 4.39 Å². The third kappa shape index (κ3) is 3.61. The predicted octanol–water partition coefficient (Wildman–Crippen LogP) is 4.36. The summed E-state index contributed by atoms with van der Waals surface area (Å²) in [5.74, 6) is -1.30. The van der Waals surface area contributed by atoms with E-state index in [0.717, 1.165) is 3.57 Å². The fraction of sp³-hybridized carbons (Fsp3) is 0.0714. The summed E-state index contributed by atoms with van der Waals surface area (Å²) in [5.41, 5.74) is 0.747. The summed E-state index contributed by atoms with van der Waals surface area (Å²) in [6, 6.07) is 9.09. The molecule has 2 aromatic rings. The molecule has 0 unspecified atom stereocenters. The van der Waals surface area contributed by atoms with Gasteiger partial charge in [-0.3, -0.25) is 0 Å². The van der Waals surface area contributed by atoms with Gasteiger partial charge in [-0.25, -0.2) is 9.18 Å². The van der Waals surface area contributed by atoms with Gasteiger partial charge >= 0.3 is 5.97 Å². The average molecular weight is 407 g/mol. The van der Waals surface area contributed by atoms with Gasteiger partial charge in [0.05, 0.1) is 5.02 Å². The summed E-state index contributed by atoms with van der Waals surface area (Å²) in [6.45, 7) is 0.112. The zero-order valence-corrected chi connectivity index (χ0v) is 13.0. The van der Waals surface area contributed by atoms with Gasteiger partial charge < -0.3 is 9.84 Å². The SMILES string of the molecule is O=C(O)c1cc(I)ccc1OCc1ccc(F)c(Cl)c1. The van der Waals surface area contributed by atoms with Crippen molar-refractivity contribution in [3.63, 3.8) is 0 Å². The van der Waals surface area contributed by atoms with E-state index in [-0.39, 0.29) is 22.9 Å². The molecule has 2 aromatic carbocycles. The third-order valence-electron chi connectivity index (χ3n) is 2.55. The molecular formula is C14H9ClFIO3. The number of hydrogen-bond acceptors (Lipinski definition) is 2. The Morgan fingerprint density at radius 1 is 1.30 bits per heavy atom. The molecule has 0 heterocycles. The van der Waals surface area contributed by atoms with E-state index in [4.69, 9.17) is 21.4 Å². The van der Waals surface area contributed by atoms with Gasteiger partial charge in [0.25, 0.3) is 0 Å². The Balaban J connectivity index is 2.18. The topological polar surface area (TPSA) is 46.5 Å². The molecule has 0 amide bonds. The maximum atomic E-state index is 13.0. The van der Waals surface area contributed by atoms with Gasteiger partial charge in [0, 0.05) is 3.57 Å². The number of halogens is 3. The minimum Gasteiger partial charge on any atom is -0.488 e. The number of carboxylic acid groups (broad SMARTS) is 1. The van der Waals surface area contributed by atoms with Gasteiger partial charge in [-0.1, -0.05) is 17.7 Å². The highest BCUT2D eigenvalue weighted by Gasteiger charge is 2.12. The molecule has 2 rings (SSSR count). The molecule has 0 aliphatic heterocycles. The predicted molar refractivity (Wildman–Crippen MR) is 81.9 cm³/mol. The number of ether oxygens (including phenoxy) is 1. The van der Waals surface area contributed by atoms with E-state index in [1.807, 2.05) is 22.6 Å². The summed E-state index contributed by atoms with van der Waals surface area (Å²) in [6.07, 6.45) is 0. The zero-order valence-electron chi connectivity index (χ0n) is 10.1. The summed E-state index contributed by atoms with van der Waals surface area (Å²) in [7, 11) is 0. The second-order valence-corrected chi connectivity index (χ2v) is 5.64. The van der Waals surface area contributed by atoms with Crippen LogP contribution in [0.3, 0.4) is 0 Å². The van der Waals surface area contributed by atoms with Gasteiger partial charge in [-0.05, 0) is 58.5 Å². The van der Waals surface area contributed by atoms with Crippen LogP contribution >= 0.6 is 34.2 Å². The van der Waals surface area contributed by atoms with Crippen molar-refractivity contribution >= 4 is 40.2 Å². The van der Waals surface area contributed by atoms with E-state index in [1.165, 1.54) is 24.3 Å². The summed E-state index contributed by atoms with van der Waals surface area (Å²) >= 11 is 7.70. The van der Waals surface area contributed by atoms with E-state index >= 15 is 0 Å². The lowest BCUT2D eigenvalue weighted by molar-refractivity contribution is 0.0691. The molecule has 1 N–H and O–H groups in total. The lowest BCUT2D eigenvalue weighted by atomic mass is 10.2. The van der Waals surface area contributed by atoms with Crippen LogP contribution in [-0.4, -0.2) is 11.1 Å². The zero-order chi connectivity index (χ0) is 14.7. The first kappa shape index (κ1) is 15.1. The van der Waals surface area contributed by atoms with Gasteiger partial charge in [0.15, 0.2) is 0 Å². The number of carboxylic acids is 1. The minimum absolute atomic E-state index is 0.00664. The molecule has 0 atom stereocenters. The lowest BCUT2D eigenvalue weighted by Gasteiger charge is -2.10. The molecule has 0 fully saturated rings. The third-order valence-corrected chi connectivity index (χ3v) is 3.51. The normalized spacial score (nSPS) is 10.3. The monoisotopic (exact) mass is 406 g/mol. The van der Waals surface area contributed by atoms with E-state index < -0.39 is 11.8 Å². The largest absolute Gasteiger partial charge is 0.488 e. The van der Waals surface area contributed by atoms with Crippen molar-refractivity contribution < 1.29 is 19.0 Å². The molecular weight excluding hydrogens is 398 g/mol. The van der Waals surface area contributed by atoms with Crippen molar-refractivity contribution in [2.24, 2.45) is 0 Å². The number of carbonyl (C=O) groups is 1. The Morgan fingerprint density at radius 3 is 2.70 bits per heavy atom. The summed E-state index contributed by atoms with van der Waals surface area (Å²) in [5, 5.41) is 9.12. The van der Waals surface area contributed by atoms with Crippen LogP contribution in [0.5, 0.6) is 5.75 Å². The number of benzene rings is 2. The highest BCUT2D eigenvalue weighted by Crippen LogP contribution is 2.23. The number of hydrogen-bond donors (Lipinski definition) is 1.